The summed E-state index contributed by atoms with van der Waals surface area (Å²) in [5.74, 6) is 0.241. The molecular formula is C16H18F3N3O. The Labute approximate surface area is 132 Å². The van der Waals surface area contributed by atoms with Crippen molar-refractivity contribution in [3.63, 3.8) is 0 Å². The van der Waals surface area contributed by atoms with Crippen LogP contribution in [0.3, 0.4) is 0 Å². The van der Waals surface area contributed by atoms with E-state index < -0.39 is 17.4 Å². The van der Waals surface area contributed by atoms with Crippen LogP contribution in [0.15, 0.2) is 29.1 Å². The summed E-state index contributed by atoms with van der Waals surface area (Å²) in [5.41, 5.74) is -0.166. The van der Waals surface area contributed by atoms with Crippen molar-refractivity contribution < 1.29 is 17.6 Å². The average Bonchev–Trinajstić information content (AvgIpc) is 3.09. The molecule has 0 spiro atoms. The van der Waals surface area contributed by atoms with Crippen LogP contribution in [0.2, 0.25) is 0 Å². The fraction of sp³-hybridized carbons (Fsp3) is 0.500. The predicted octanol–water partition coefficient (Wildman–Crippen LogP) is 3.91. The number of hydrogen-bond donors (Lipinski definition) is 0. The standard InChI is InChI=1S/C16H18F3N3O/c1-11-8-13(16(17,18)19)21-14(20-11)15(2)5-3-6-22(15)9-12-4-7-23-10-12/h4,7-8,10H,3,5-6,9H2,1-2H3/t15-/m0/s1. The summed E-state index contributed by atoms with van der Waals surface area (Å²) >= 11 is 0. The van der Waals surface area contributed by atoms with Crippen molar-refractivity contribution in [2.45, 2.75) is 44.9 Å². The van der Waals surface area contributed by atoms with E-state index in [1.807, 2.05) is 13.0 Å². The highest BCUT2D eigenvalue weighted by Gasteiger charge is 2.42. The Balaban J connectivity index is 1.96. The van der Waals surface area contributed by atoms with Crippen LogP contribution in [0.4, 0.5) is 13.2 Å². The summed E-state index contributed by atoms with van der Waals surface area (Å²) in [6, 6.07) is 2.85. The maximum Gasteiger partial charge on any atom is 0.433 e. The van der Waals surface area contributed by atoms with Crippen molar-refractivity contribution in [1.82, 2.24) is 14.9 Å². The van der Waals surface area contributed by atoms with Gasteiger partial charge in [-0.1, -0.05) is 0 Å². The number of aryl methyl sites for hydroxylation is 1. The first-order valence-corrected chi connectivity index (χ1v) is 7.48. The zero-order chi connectivity index (χ0) is 16.7. The molecule has 1 atom stereocenters. The van der Waals surface area contributed by atoms with Crippen molar-refractivity contribution >= 4 is 0 Å². The molecule has 1 saturated heterocycles. The Morgan fingerprint density at radius 2 is 2.13 bits per heavy atom. The van der Waals surface area contributed by atoms with E-state index in [0.29, 0.717) is 12.2 Å². The molecule has 124 valence electrons. The van der Waals surface area contributed by atoms with Crippen LogP contribution >= 0.6 is 0 Å². The molecule has 0 aromatic carbocycles. The molecule has 23 heavy (non-hydrogen) atoms. The minimum Gasteiger partial charge on any atom is -0.472 e. The van der Waals surface area contributed by atoms with Gasteiger partial charge in [0.15, 0.2) is 0 Å². The van der Waals surface area contributed by atoms with Crippen molar-refractivity contribution in [3.05, 3.63) is 47.4 Å². The van der Waals surface area contributed by atoms with Crippen molar-refractivity contribution in [3.8, 4) is 0 Å². The lowest BCUT2D eigenvalue weighted by Crippen LogP contribution is -2.40. The van der Waals surface area contributed by atoms with E-state index in [-0.39, 0.29) is 5.82 Å². The van der Waals surface area contributed by atoms with E-state index in [0.717, 1.165) is 31.0 Å². The van der Waals surface area contributed by atoms with Crippen molar-refractivity contribution in [2.24, 2.45) is 0 Å². The Bertz CT molecular complexity index is 684. The van der Waals surface area contributed by atoms with Crippen LogP contribution in [0.5, 0.6) is 0 Å². The Kier molecular flexibility index (Phi) is 3.91. The second-order valence-electron chi connectivity index (χ2n) is 6.15. The topological polar surface area (TPSA) is 42.2 Å². The molecule has 0 saturated carbocycles. The highest BCUT2D eigenvalue weighted by molar-refractivity contribution is 5.19. The summed E-state index contributed by atoms with van der Waals surface area (Å²) in [5, 5.41) is 0. The van der Waals surface area contributed by atoms with Crippen LogP contribution in [0.1, 0.15) is 42.5 Å². The second kappa shape index (κ2) is 5.63. The number of nitrogens with zero attached hydrogens (tertiary/aromatic N) is 3. The molecule has 1 aliphatic rings. The zero-order valence-electron chi connectivity index (χ0n) is 13.0. The highest BCUT2D eigenvalue weighted by atomic mass is 19.4. The van der Waals surface area contributed by atoms with Gasteiger partial charge in [-0.05, 0) is 45.4 Å². The summed E-state index contributed by atoms with van der Waals surface area (Å²) in [7, 11) is 0. The molecule has 0 N–H and O–H groups in total. The predicted molar refractivity (Wildman–Crippen MR) is 77.5 cm³/mol. The Hall–Kier alpha value is -1.89. The third-order valence-electron chi connectivity index (χ3n) is 4.37. The number of rotatable bonds is 3. The van der Waals surface area contributed by atoms with Gasteiger partial charge in [0.2, 0.25) is 0 Å². The first-order valence-electron chi connectivity index (χ1n) is 7.48. The third kappa shape index (κ3) is 3.10. The van der Waals surface area contributed by atoms with Gasteiger partial charge in [-0.25, -0.2) is 9.97 Å². The second-order valence-corrected chi connectivity index (χ2v) is 6.15. The molecule has 0 unspecified atom stereocenters. The average molecular weight is 325 g/mol. The van der Waals surface area contributed by atoms with E-state index in [4.69, 9.17) is 4.42 Å². The zero-order valence-corrected chi connectivity index (χ0v) is 13.0. The fourth-order valence-corrected chi connectivity index (χ4v) is 3.08. The largest absolute Gasteiger partial charge is 0.472 e. The summed E-state index contributed by atoms with van der Waals surface area (Å²) in [6.07, 6.45) is 0.399. The minimum absolute atomic E-state index is 0.241. The van der Waals surface area contributed by atoms with Gasteiger partial charge in [0.05, 0.1) is 18.1 Å². The Morgan fingerprint density at radius 1 is 1.35 bits per heavy atom. The normalized spacial score (nSPS) is 22.7. The maximum absolute atomic E-state index is 13.0. The van der Waals surface area contributed by atoms with E-state index in [9.17, 15) is 13.2 Å². The third-order valence-corrected chi connectivity index (χ3v) is 4.37. The van der Waals surface area contributed by atoms with E-state index in [1.54, 1.807) is 19.5 Å². The van der Waals surface area contributed by atoms with Crippen molar-refractivity contribution in [1.29, 1.82) is 0 Å². The molecule has 3 rings (SSSR count). The van der Waals surface area contributed by atoms with Gasteiger partial charge in [0.25, 0.3) is 0 Å². The van der Waals surface area contributed by atoms with Crippen LogP contribution in [-0.4, -0.2) is 21.4 Å². The van der Waals surface area contributed by atoms with E-state index >= 15 is 0 Å². The van der Waals surface area contributed by atoms with Gasteiger partial charge in [-0.15, -0.1) is 0 Å². The smallest absolute Gasteiger partial charge is 0.433 e. The lowest BCUT2D eigenvalue weighted by molar-refractivity contribution is -0.141. The Morgan fingerprint density at radius 3 is 2.78 bits per heavy atom. The lowest BCUT2D eigenvalue weighted by atomic mass is 9.97. The van der Waals surface area contributed by atoms with Crippen LogP contribution in [0, 0.1) is 6.92 Å². The first kappa shape index (κ1) is 16.0. The molecular weight excluding hydrogens is 307 g/mol. The molecule has 4 nitrogen and oxygen atoms in total. The van der Waals surface area contributed by atoms with Crippen LogP contribution < -0.4 is 0 Å². The van der Waals surface area contributed by atoms with Gasteiger partial charge in [0.1, 0.15) is 11.5 Å². The molecule has 2 aromatic rings. The molecule has 7 heteroatoms. The number of alkyl halides is 3. The fourth-order valence-electron chi connectivity index (χ4n) is 3.08. The van der Waals surface area contributed by atoms with Gasteiger partial charge in [0, 0.05) is 17.8 Å². The molecule has 0 bridgehead atoms. The lowest BCUT2D eigenvalue weighted by Gasteiger charge is -2.34. The molecule has 2 aromatic heterocycles. The van der Waals surface area contributed by atoms with Crippen LogP contribution in [-0.2, 0) is 18.3 Å². The molecule has 3 heterocycles. The SMILES string of the molecule is Cc1cc(C(F)(F)F)nc([C@]2(C)CCCN2Cc2ccoc2)n1. The number of likely N-dealkylation sites (tertiary alicyclic amines) is 1. The highest BCUT2D eigenvalue weighted by Crippen LogP contribution is 2.39. The van der Waals surface area contributed by atoms with E-state index in [2.05, 4.69) is 14.9 Å². The summed E-state index contributed by atoms with van der Waals surface area (Å²) < 4.78 is 44.2. The van der Waals surface area contributed by atoms with Crippen LogP contribution in [0.25, 0.3) is 0 Å². The number of halogens is 3. The van der Waals surface area contributed by atoms with E-state index in [1.165, 1.54) is 0 Å². The molecule has 1 fully saturated rings. The first-order chi connectivity index (χ1) is 10.8. The van der Waals surface area contributed by atoms with Gasteiger partial charge < -0.3 is 4.42 Å². The van der Waals surface area contributed by atoms with Gasteiger partial charge in [-0.2, -0.15) is 13.2 Å². The van der Waals surface area contributed by atoms with Gasteiger partial charge in [-0.3, -0.25) is 4.90 Å². The summed E-state index contributed by atoms with van der Waals surface area (Å²) in [4.78, 5) is 10.3. The molecule has 0 aliphatic carbocycles. The monoisotopic (exact) mass is 325 g/mol. The molecule has 1 aliphatic heterocycles. The number of furan rings is 1. The summed E-state index contributed by atoms with van der Waals surface area (Å²) in [6.45, 7) is 4.88. The molecule has 0 amide bonds. The quantitative estimate of drug-likeness (QED) is 0.858. The maximum atomic E-state index is 13.0. The number of hydrogen-bond acceptors (Lipinski definition) is 4. The van der Waals surface area contributed by atoms with Crippen molar-refractivity contribution in [2.75, 3.05) is 6.54 Å². The van der Waals surface area contributed by atoms with Gasteiger partial charge >= 0.3 is 6.18 Å². The number of aromatic nitrogens is 2. The molecule has 0 radical (unpaired) electrons. The minimum atomic E-state index is -4.47.